The lowest BCUT2D eigenvalue weighted by molar-refractivity contribution is -0.113. The number of rotatable bonds is 8. The van der Waals surface area contributed by atoms with Crippen LogP contribution < -0.4 is 10.9 Å². The van der Waals surface area contributed by atoms with Crippen molar-refractivity contribution >= 4 is 44.9 Å². The Morgan fingerprint density at radius 2 is 2.23 bits per heavy atom. The predicted molar refractivity (Wildman–Crippen MR) is 123 cm³/mol. The van der Waals surface area contributed by atoms with Crippen LogP contribution in [0.15, 0.2) is 34.2 Å². The number of para-hydroxylation sites is 1. The van der Waals surface area contributed by atoms with Crippen LogP contribution in [-0.4, -0.2) is 34.9 Å². The maximum Gasteiger partial charge on any atom is 0.262 e. The number of ether oxygens (including phenoxy) is 1. The first-order valence-corrected chi connectivity index (χ1v) is 11.9. The van der Waals surface area contributed by atoms with Crippen LogP contribution in [0.3, 0.4) is 0 Å². The predicted octanol–water partition coefficient (Wildman–Crippen LogP) is 3.59. The molecule has 0 radical (unpaired) electrons. The Morgan fingerprint density at radius 1 is 1.39 bits per heavy atom. The second-order valence-electron chi connectivity index (χ2n) is 7.22. The molecule has 0 fully saturated rings. The Bertz CT molecular complexity index is 1230. The fraction of sp³-hybridized carbons (Fsp3) is 0.364. The zero-order valence-corrected chi connectivity index (χ0v) is 18.8. The first-order chi connectivity index (χ1) is 15.1. The molecule has 7 nitrogen and oxygen atoms in total. The third-order valence-corrected chi connectivity index (χ3v) is 7.36. The van der Waals surface area contributed by atoms with Crippen LogP contribution in [0.25, 0.3) is 10.9 Å². The molecule has 0 bridgehead atoms. The summed E-state index contributed by atoms with van der Waals surface area (Å²) in [7, 11) is 1.62. The zero-order valence-electron chi connectivity index (χ0n) is 17.1. The van der Waals surface area contributed by atoms with Gasteiger partial charge in [0, 0.05) is 25.1 Å². The summed E-state index contributed by atoms with van der Waals surface area (Å²) in [6.45, 7) is 0.995. The Kier molecular flexibility index (Phi) is 6.70. The fourth-order valence-corrected chi connectivity index (χ4v) is 5.81. The van der Waals surface area contributed by atoms with E-state index in [4.69, 9.17) is 4.74 Å². The van der Waals surface area contributed by atoms with Crippen molar-refractivity contribution in [1.29, 1.82) is 5.26 Å². The highest BCUT2D eigenvalue weighted by Crippen LogP contribution is 2.38. The smallest absolute Gasteiger partial charge is 0.262 e. The number of anilines is 1. The van der Waals surface area contributed by atoms with Crippen LogP contribution in [0, 0.1) is 11.3 Å². The van der Waals surface area contributed by atoms with Gasteiger partial charge in [-0.05, 0) is 43.4 Å². The van der Waals surface area contributed by atoms with Crippen LogP contribution in [0.2, 0.25) is 0 Å². The molecule has 1 amide bonds. The standard InChI is InChI=1S/C22H22N4O3S2/c1-29-11-5-10-26-21(28)15-6-2-3-8-17(15)24-22(26)30-13-19(27)25-20-16(12-23)14-7-4-9-18(14)31-20/h2-3,6,8H,4-5,7,9-11,13H2,1H3,(H,25,27). The molecule has 0 aliphatic heterocycles. The van der Waals surface area contributed by atoms with Crippen molar-refractivity contribution in [2.75, 3.05) is 24.8 Å². The van der Waals surface area contributed by atoms with Crippen LogP contribution in [0.1, 0.15) is 28.8 Å². The number of methoxy groups -OCH3 is 1. The lowest BCUT2D eigenvalue weighted by Crippen LogP contribution is -2.25. The summed E-state index contributed by atoms with van der Waals surface area (Å²) < 4.78 is 6.72. The Hall–Kier alpha value is -2.67. The number of thioether (sulfide) groups is 1. The number of nitriles is 1. The maximum absolute atomic E-state index is 13.0. The molecule has 1 aliphatic carbocycles. The minimum Gasteiger partial charge on any atom is -0.385 e. The molecular weight excluding hydrogens is 432 g/mol. The van der Waals surface area contributed by atoms with E-state index in [9.17, 15) is 14.9 Å². The monoisotopic (exact) mass is 454 g/mol. The van der Waals surface area contributed by atoms with E-state index in [1.807, 2.05) is 12.1 Å². The highest BCUT2D eigenvalue weighted by molar-refractivity contribution is 7.99. The number of fused-ring (bicyclic) bond motifs is 2. The zero-order chi connectivity index (χ0) is 21.8. The third kappa shape index (κ3) is 4.51. The number of nitrogens with zero attached hydrogens (tertiary/aromatic N) is 3. The van der Waals surface area contributed by atoms with E-state index >= 15 is 0 Å². The number of nitrogens with one attached hydrogen (secondary N) is 1. The average molecular weight is 455 g/mol. The number of hydrogen-bond acceptors (Lipinski definition) is 7. The molecule has 31 heavy (non-hydrogen) atoms. The number of aryl methyl sites for hydroxylation is 1. The highest BCUT2D eigenvalue weighted by atomic mass is 32.2. The molecule has 0 unspecified atom stereocenters. The van der Waals surface area contributed by atoms with Crippen LogP contribution in [-0.2, 0) is 28.9 Å². The second-order valence-corrected chi connectivity index (χ2v) is 9.27. The van der Waals surface area contributed by atoms with Crippen molar-refractivity contribution in [1.82, 2.24) is 9.55 Å². The van der Waals surface area contributed by atoms with Crippen molar-refractivity contribution in [2.45, 2.75) is 37.4 Å². The van der Waals surface area contributed by atoms with Gasteiger partial charge in [0.15, 0.2) is 5.16 Å². The molecule has 1 N–H and O–H groups in total. The summed E-state index contributed by atoms with van der Waals surface area (Å²) in [4.78, 5) is 31.4. The quantitative estimate of drug-likeness (QED) is 0.317. The van der Waals surface area contributed by atoms with Crippen molar-refractivity contribution in [3.63, 3.8) is 0 Å². The topological polar surface area (TPSA) is 97.0 Å². The van der Waals surface area contributed by atoms with Crippen LogP contribution >= 0.6 is 23.1 Å². The molecule has 160 valence electrons. The number of carbonyl (C=O) groups is 1. The number of benzene rings is 1. The minimum absolute atomic E-state index is 0.0997. The van der Waals surface area contributed by atoms with E-state index in [1.165, 1.54) is 28.0 Å². The van der Waals surface area contributed by atoms with Gasteiger partial charge in [-0.25, -0.2) is 4.98 Å². The number of aromatic nitrogens is 2. The van der Waals surface area contributed by atoms with Gasteiger partial charge in [0.1, 0.15) is 11.1 Å². The Morgan fingerprint density at radius 3 is 3.03 bits per heavy atom. The summed E-state index contributed by atoms with van der Waals surface area (Å²) in [6.07, 6.45) is 3.60. The van der Waals surface area contributed by atoms with E-state index in [-0.39, 0.29) is 17.2 Å². The van der Waals surface area contributed by atoms with E-state index < -0.39 is 0 Å². The number of hydrogen-bond donors (Lipinski definition) is 1. The molecular formula is C22H22N4O3S2. The molecule has 1 aliphatic rings. The summed E-state index contributed by atoms with van der Waals surface area (Å²) in [5, 5.41) is 14.1. The minimum atomic E-state index is -0.215. The SMILES string of the molecule is COCCCn1c(SCC(=O)Nc2sc3c(c2C#N)CCC3)nc2ccccc2c1=O. The average Bonchev–Trinajstić information content (AvgIpc) is 3.35. The van der Waals surface area contributed by atoms with Crippen molar-refractivity contribution in [2.24, 2.45) is 0 Å². The van der Waals surface area contributed by atoms with Crippen molar-refractivity contribution < 1.29 is 9.53 Å². The molecule has 0 saturated carbocycles. The molecule has 2 aromatic heterocycles. The molecule has 0 spiro atoms. The first-order valence-electron chi connectivity index (χ1n) is 10.1. The van der Waals surface area contributed by atoms with E-state index in [2.05, 4.69) is 16.4 Å². The molecule has 3 aromatic rings. The number of carbonyl (C=O) groups excluding carboxylic acids is 1. The van der Waals surface area contributed by atoms with Gasteiger partial charge in [0.2, 0.25) is 5.91 Å². The van der Waals surface area contributed by atoms with Crippen molar-refractivity contribution in [3.05, 3.63) is 50.6 Å². The van der Waals surface area contributed by atoms with Crippen molar-refractivity contribution in [3.8, 4) is 6.07 Å². The molecule has 0 atom stereocenters. The lowest BCUT2D eigenvalue weighted by atomic mass is 10.1. The van der Waals surface area contributed by atoms with Gasteiger partial charge in [-0.15, -0.1) is 11.3 Å². The molecule has 2 heterocycles. The summed E-state index contributed by atoms with van der Waals surface area (Å²) in [6, 6.07) is 9.45. The highest BCUT2D eigenvalue weighted by Gasteiger charge is 2.23. The van der Waals surface area contributed by atoms with E-state index in [0.717, 1.165) is 24.8 Å². The van der Waals surface area contributed by atoms with Gasteiger partial charge in [-0.2, -0.15) is 5.26 Å². The van der Waals surface area contributed by atoms with Gasteiger partial charge in [-0.1, -0.05) is 23.9 Å². The fourth-order valence-electron chi connectivity index (χ4n) is 3.73. The van der Waals surface area contributed by atoms with Crippen LogP contribution in [0.5, 0.6) is 0 Å². The van der Waals surface area contributed by atoms with E-state index in [1.54, 1.807) is 23.8 Å². The first kappa shape index (κ1) is 21.6. The number of thiophene rings is 1. The van der Waals surface area contributed by atoms with Gasteiger partial charge in [0.05, 0.1) is 22.2 Å². The molecule has 4 rings (SSSR count). The number of amides is 1. The molecule has 1 aromatic carbocycles. The van der Waals surface area contributed by atoms with Gasteiger partial charge in [-0.3, -0.25) is 14.2 Å². The summed E-state index contributed by atoms with van der Waals surface area (Å²) in [5.41, 5.74) is 2.17. The lowest BCUT2D eigenvalue weighted by Gasteiger charge is -2.13. The summed E-state index contributed by atoms with van der Waals surface area (Å²) >= 11 is 2.72. The molecule has 9 heteroatoms. The Balaban J connectivity index is 1.53. The molecule has 0 saturated heterocycles. The van der Waals surface area contributed by atoms with Gasteiger partial charge >= 0.3 is 0 Å². The normalized spacial score (nSPS) is 12.6. The summed E-state index contributed by atoms with van der Waals surface area (Å²) in [5.74, 6) is -0.116. The second kappa shape index (κ2) is 9.64. The van der Waals surface area contributed by atoms with Crippen LogP contribution in [0.4, 0.5) is 5.00 Å². The van der Waals surface area contributed by atoms with E-state index in [0.29, 0.717) is 46.2 Å². The van der Waals surface area contributed by atoms with Gasteiger partial charge < -0.3 is 10.1 Å². The largest absolute Gasteiger partial charge is 0.385 e. The third-order valence-electron chi connectivity index (χ3n) is 5.18. The Labute approximate surface area is 188 Å². The maximum atomic E-state index is 13.0. The van der Waals surface area contributed by atoms with Gasteiger partial charge in [0.25, 0.3) is 5.56 Å².